The van der Waals surface area contributed by atoms with E-state index in [9.17, 15) is 14.4 Å². The summed E-state index contributed by atoms with van der Waals surface area (Å²) in [5, 5.41) is 9.31. The summed E-state index contributed by atoms with van der Waals surface area (Å²) in [6.07, 6.45) is 2.05. The summed E-state index contributed by atoms with van der Waals surface area (Å²) >= 11 is 3.38. The summed E-state index contributed by atoms with van der Waals surface area (Å²) in [6.45, 7) is 5.60. The van der Waals surface area contributed by atoms with Crippen molar-refractivity contribution < 1.29 is 19.1 Å². The SMILES string of the molecule is CCc1ccccc1NC(=O)C(=O)N/N=C\c1cc(Br)ccc1OCC(=O)Nc1cc(C)ccc1C. The van der Waals surface area contributed by atoms with E-state index in [2.05, 4.69) is 37.1 Å². The van der Waals surface area contributed by atoms with E-state index in [1.54, 1.807) is 30.3 Å². The van der Waals surface area contributed by atoms with Crippen LogP contribution in [0.3, 0.4) is 0 Å². The van der Waals surface area contributed by atoms with Crippen LogP contribution >= 0.6 is 15.9 Å². The van der Waals surface area contributed by atoms with Crippen LogP contribution in [-0.2, 0) is 20.8 Å². The molecule has 0 fully saturated rings. The lowest BCUT2D eigenvalue weighted by Gasteiger charge is -2.12. The Balaban J connectivity index is 1.60. The summed E-state index contributed by atoms with van der Waals surface area (Å²) in [6, 6.07) is 18.2. The normalized spacial score (nSPS) is 10.7. The van der Waals surface area contributed by atoms with Gasteiger partial charge in [-0.05, 0) is 67.3 Å². The monoisotopic (exact) mass is 550 g/mol. The predicted molar refractivity (Wildman–Crippen MR) is 144 cm³/mol. The van der Waals surface area contributed by atoms with Crippen LogP contribution in [0, 0.1) is 13.8 Å². The minimum atomic E-state index is -0.914. The molecular weight excluding hydrogens is 524 g/mol. The molecule has 0 heterocycles. The van der Waals surface area contributed by atoms with Crippen molar-refractivity contribution in [2.45, 2.75) is 27.2 Å². The number of nitrogens with one attached hydrogen (secondary N) is 3. The molecule has 3 N–H and O–H groups in total. The van der Waals surface area contributed by atoms with Crippen molar-refractivity contribution in [2.75, 3.05) is 17.2 Å². The van der Waals surface area contributed by atoms with Crippen LogP contribution in [0.25, 0.3) is 0 Å². The van der Waals surface area contributed by atoms with Gasteiger partial charge in [-0.25, -0.2) is 5.43 Å². The molecule has 0 saturated carbocycles. The lowest BCUT2D eigenvalue weighted by molar-refractivity contribution is -0.136. The number of carbonyl (C=O) groups is 3. The Hall–Kier alpha value is -3.98. The van der Waals surface area contributed by atoms with Crippen LogP contribution in [0.4, 0.5) is 11.4 Å². The molecule has 0 radical (unpaired) electrons. The fourth-order valence-electron chi connectivity index (χ4n) is 3.29. The summed E-state index contributed by atoms with van der Waals surface area (Å²) in [5.41, 5.74) is 6.91. The summed E-state index contributed by atoms with van der Waals surface area (Å²) in [5.74, 6) is -1.68. The molecule has 3 amide bonds. The number of rotatable bonds is 8. The first kappa shape index (κ1) is 26.6. The number of ether oxygens (including phenoxy) is 1. The highest BCUT2D eigenvalue weighted by atomic mass is 79.9. The third kappa shape index (κ3) is 7.51. The number of nitrogens with zero attached hydrogens (tertiary/aromatic N) is 1. The molecule has 0 saturated heterocycles. The lowest BCUT2D eigenvalue weighted by atomic mass is 10.1. The first-order valence-corrected chi connectivity index (χ1v) is 12.1. The molecule has 36 heavy (non-hydrogen) atoms. The van der Waals surface area contributed by atoms with Crippen molar-refractivity contribution in [3.8, 4) is 5.75 Å². The maximum atomic E-state index is 12.4. The minimum Gasteiger partial charge on any atom is -0.483 e. The molecule has 3 rings (SSSR count). The minimum absolute atomic E-state index is 0.221. The highest BCUT2D eigenvalue weighted by molar-refractivity contribution is 9.10. The zero-order valence-electron chi connectivity index (χ0n) is 20.2. The van der Waals surface area contributed by atoms with E-state index in [4.69, 9.17) is 4.74 Å². The zero-order chi connectivity index (χ0) is 26.1. The van der Waals surface area contributed by atoms with Crippen molar-refractivity contribution in [3.63, 3.8) is 0 Å². The van der Waals surface area contributed by atoms with Gasteiger partial charge in [0.2, 0.25) is 0 Å². The Kier molecular flexibility index (Phi) is 9.35. The van der Waals surface area contributed by atoms with E-state index in [1.165, 1.54) is 6.21 Å². The standard InChI is InChI=1S/C27H27BrN4O4/c1-4-19-7-5-6-8-22(19)31-26(34)27(35)32-29-15-20-14-21(28)11-12-24(20)36-16-25(33)30-23-13-17(2)9-10-18(23)3/h5-15H,4,16H2,1-3H3,(H,30,33)(H,31,34)(H,32,35)/b29-15-. The van der Waals surface area contributed by atoms with Crippen LogP contribution in [-0.4, -0.2) is 30.5 Å². The Morgan fingerprint density at radius 1 is 0.944 bits per heavy atom. The summed E-state index contributed by atoms with van der Waals surface area (Å²) in [7, 11) is 0. The van der Waals surface area contributed by atoms with Gasteiger partial charge in [0.15, 0.2) is 6.61 Å². The number of aryl methyl sites for hydroxylation is 3. The average Bonchev–Trinajstić information content (AvgIpc) is 2.86. The van der Waals surface area contributed by atoms with Gasteiger partial charge in [0.05, 0.1) is 6.21 Å². The van der Waals surface area contributed by atoms with Crippen molar-refractivity contribution >= 4 is 51.2 Å². The number of halogens is 1. The van der Waals surface area contributed by atoms with Gasteiger partial charge < -0.3 is 15.4 Å². The van der Waals surface area contributed by atoms with Gasteiger partial charge in [-0.15, -0.1) is 0 Å². The molecular formula is C27H27BrN4O4. The zero-order valence-corrected chi connectivity index (χ0v) is 21.8. The van der Waals surface area contributed by atoms with Gasteiger partial charge in [-0.1, -0.05) is 53.2 Å². The van der Waals surface area contributed by atoms with Gasteiger partial charge >= 0.3 is 11.8 Å². The topological polar surface area (TPSA) is 109 Å². The molecule has 0 spiro atoms. The van der Waals surface area contributed by atoms with E-state index in [-0.39, 0.29) is 12.5 Å². The number of hydrogen-bond donors (Lipinski definition) is 3. The van der Waals surface area contributed by atoms with Crippen LogP contribution in [0.1, 0.15) is 29.2 Å². The average molecular weight is 551 g/mol. The molecule has 0 bridgehead atoms. The lowest BCUT2D eigenvalue weighted by Crippen LogP contribution is -2.32. The smallest absolute Gasteiger partial charge is 0.329 e. The van der Waals surface area contributed by atoms with E-state index in [0.717, 1.165) is 26.9 Å². The first-order valence-electron chi connectivity index (χ1n) is 11.3. The Morgan fingerprint density at radius 2 is 1.72 bits per heavy atom. The van der Waals surface area contributed by atoms with Gasteiger partial charge in [0, 0.05) is 21.4 Å². The number of anilines is 2. The maximum absolute atomic E-state index is 12.4. The van der Waals surface area contributed by atoms with Crippen LogP contribution in [0.15, 0.2) is 70.2 Å². The van der Waals surface area contributed by atoms with Crippen molar-refractivity contribution in [1.29, 1.82) is 0 Å². The fraction of sp³-hybridized carbons (Fsp3) is 0.185. The fourth-order valence-corrected chi connectivity index (χ4v) is 3.67. The number of hydrogen-bond acceptors (Lipinski definition) is 5. The number of para-hydroxylation sites is 1. The van der Waals surface area contributed by atoms with Crippen molar-refractivity contribution in [2.24, 2.45) is 5.10 Å². The number of carbonyl (C=O) groups excluding carboxylic acids is 3. The van der Waals surface area contributed by atoms with E-state index in [0.29, 0.717) is 23.4 Å². The molecule has 0 atom stereocenters. The van der Waals surface area contributed by atoms with Crippen LogP contribution < -0.4 is 20.8 Å². The van der Waals surface area contributed by atoms with Gasteiger partial charge in [0.25, 0.3) is 5.91 Å². The first-order chi connectivity index (χ1) is 17.3. The second kappa shape index (κ2) is 12.6. The maximum Gasteiger partial charge on any atom is 0.329 e. The van der Waals surface area contributed by atoms with Gasteiger partial charge in [0.1, 0.15) is 5.75 Å². The third-order valence-electron chi connectivity index (χ3n) is 5.22. The molecule has 0 unspecified atom stereocenters. The second-order valence-corrected chi connectivity index (χ2v) is 8.92. The molecule has 0 aliphatic heterocycles. The van der Waals surface area contributed by atoms with Crippen molar-refractivity contribution in [1.82, 2.24) is 5.43 Å². The second-order valence-electron chi connectivity index (χ2n) is 8.00. The molecule has 9 heteroatoms. The van der Waals surface area contributed by atoms with Gasteiger partial charge in [-0.3, -0.25) is 14.4 Å². The third-order valence-corrected chi connectivity index (χ3v) is 5.71. The summed E-state index contributed by atoms with van der Waals surface area (Å²) < 4.78 is 6.44. The van der Waals surface area contributed by atoms with E-state index >= 15 is 0 Å². The highest BCUT2D eigenvalue weighted by Crippen LogP contribution is 2.22. The number of amides is 3. The molecule has 3 aromatic rings. The molecule has 0 aliphatic rings. The van der Waals surface area contributed by atoms with Crippen molar-refractivity contribution in [3.05, 3.63) is 87.4 Å². The van der Waals surface area contributed by atoms with E-state index < -0.39 is 11.8 Å². The van der Waals surface area contributed by atoms with Gasteiger partial charge in [-0.2, -0.15) is 5.10 Å². The molecule has 0 aromatic heterocycles. The predicted octanol–water partition coefficient (Wildman–Crippen LogP) is 4.73. The Morgan fingerprint density at radius 3 is 2.50 bits per heavy atom. The molecule has 0 aliphatic carbocycles. The quantitative estimate of drug-likeness (QED) is 0.214. The van der Waals surface area contributed by atoms with Crippen LogP contribution in [0.2, 0.25) is 0 Å². The van der Waals surface area contributed by atoms with Crippen LogP contribution in [0.5, 0.6) is 5.75 Å². The van der Waals surface area contributed by atoms with E-state index in [1.807, 2.05) is 51.1 Å². The molecule has 186 valence electrons. The molecule has 3 aromatic carbocycles. The largest absolute Gasteiger partial charge is 0.483 e. The molecule has 8 nitrogen and oxygen atoms in total. The Labute approximate surface area is 218 Å². The highest BCUT2D eigenvalue weighted by Gasteiger charge is 2.14. The Bertz CT molecular complexity index is 1310. The number of hydrazone groups is 1. The summed E-state index contributed by atoms with van der Waals surface area (Å²) in [4.78, 5) is 36.9. The number of benzene rings is 3.